The number of halogens is 1. The molecule has 0 N–H and O–H groups in total. The first-order valence-corrected chi connectivity index (χ1v) is 6.60. The summed E-state index contributed by atoms with van der Waals surface area (Å²) >= 11 is 5.60. The monoisotopic (exact) mass is 253 g/mol. The van der Waals surface area contributed by atoms with E-state index in [-0.39, 0.29) is 11.8 Å². The number of aryl methyl sites for hydroxylation is 1. The maximum absolute atomic E-state index is 11.6. The number of hydrogen-bond donors (Lipinski definition) is 0. The SMILES string of the molecule is CCCN(CCc1cccc(C)c1)C(=O)CCl. The van der Waals surface area contributed by atoms with Crippen LogP contribution in [-0.4, -0.2) is 29.8 Å². The Morgan fingerprint density at radius 1 is 1.35 bits per heavy atom. The van der Waals surface area contributed by atoms with Gasteiger partial charge < -0.3 is 4.90 Å². The number of benzene rings is 1. The molecule has 1 rings (SSSR count). The molecule has 0 unspecified atom stereocenters. The lowest BCUT2D eigenvalue weighted by atomic mass is 10.1. The van der Waals surface area contributed by atoms with Crippen molar-refractivity contribution in [2.45, 2.75) is 26.7 Å². The first-order chi connectivity index (χ1) is 8.17. The van der Waals surface area contributed by atoms with Gasteiger partial charge in [0.05, 0.1) is 0 Å². The van der Waals surface area contributed by atoms with Gasteiger partial charge in [0.1, 0.15) is 5.88 Å². The van der Waals surface area contributed by atoms with E-state index in [2.05, 4.69) is 38.1 Å². The molecule has 0 aliphatic carbocycles. The average Bonchev–Trinajstić information content (AvgIpc) is 2.33. The Labute approximate surface area is 109 Å². The van der Waals surface area contributed by atoms with Gasteiger partial charge in [0, 0.05) is 13.1 Å². The van der Waals surface area contributed by atoms with Crippen LogP contribution in [0.3, 0.4) is 0 Å². The van der Waals surface area contributed by atoms with Crippen LogP contribution in [0.1, 0.15) is 24.5 Å². The number of carbonyl (C=O) groups excluding carboxylic acids is 1. The molecule has 17 heavy (non-hydrogen) atoms. The van der Waals surface area contributed by atoms with E-state index in [0.29, 0.717) is 0 Å². The average molecular weight is 254 g/mol. The predicted molar refractivity (Wildman–Crippen MR) is 72.5 cm³/mol. The van der Waals surface area contributed by atoms with Crippen LogP contribution in [0, 0.1) is 6.92 Å². The quantitative estimate of drug-likeness (QED) is 0.714. The van der Waals surface area contributed by atoms with Crippen molar-refractivity contribution < 1.29 is 4.79 Å². The Morgan fingerprint density at radius 2 is 2.12 bits per heavy atom. The molecule has 0 spiro atoms. The van der Waals surface area contributed by atoms with E-state index in [1.54, 1.807) is 0 Å². The van der Waals surface area contributed by atoms with E-state index in [4.69, 9.17) is 11.6 Å². The minimum Gasteiger partial charge on any atom is -0.341 e. The molecule has 0 saturated heterocycles. The molecule has 2 nitrogen and oxygen atoms in total. The zero-order chi connectivity index (χ0) is 12.7. The second-order valence-electron chi connectivity index (χ2n) is 4.25. The van der Waals surface area contributed by atoms with Crippen molar-refractivity contribution in [3.05, 3.63) is 35.4 Å². The van der Waals surface area contributed by atoms with Gasteiger partial charge in [-0.3, -0.25) is 4.79 Å². The summed E-state index contributed by atoms with van der Waals surface area (Å²) in [7, 11) is 0. The number of alkyl halides is 1. The number of rotatable bonds is 6. The third-order valence-electron chi connectivity index (χ3n) is 2.71. The van der Waals surface area contributed by atoms with Crippen molar-refractivity contribution in [2.75, 3.05) is 19.0 Å². The Bertz CT molecular complexity index is 365. The summed E-state index contributed by atoms with van der Waals surface area (Å²) in [6, 6.07) is 8.40. The predicted octanol–water partition coefficient (Wildman–Crippen LogP) is 3.01. The minimum absolute atomic E-state index is 0.0289. The summed E-state index contributed by atoms with van der Waals surface area (Å²) in [6.07, 6.45) is 1.86. The number of amides is 1. The molecule has 0 fully saturated rings. The highest BCUT2D eigenvalue weighted by molar-refractivity contribution is 6.27. The van der Waals surface area contributed by atoms with Crippen LogP contribution in [-0.2, 0) is 11.2 Å². The molecule has 1 aromatic rings. The van der Waals surface area contributed by atoms with Crippen LogP contribution in [0.4, 0.5) is 0 Å². The van der Waals surface area contributed by atoms with Crippen molar-refractivity contribution >= 4 is 17.5 Å². The number of carbonyl (C=O) groups is 1. The van der Waals surface area contributed by atoms with E-state index in [1.165, 1.54) is 11.1 Å². The number of nitrogens with zero attached hydrogens (tertiary/aromatic N) is 1. The van der Waals surface area contributed by atoms with Crippen LogP contribution < -0.4 is 0 Å². The Balaban J connectivity index is 2.54. The molecule has 0 bridgehead atoms. The van der Waals surface area contributed by atoms with Crippen LogP contribution in [0.15, 0.2) is 24.3 Å². The first kappa shape index (κ1) is 14.0. The van der Waals surface area contributed by atoms with Crippen molar-refractivity contribution in [1.29, 1.82) is 0 Å². The van der Waals surface area contributed by atoms with E-state index >= 15 is 0 Å². The lowest BCUT2D eigenvalue weighted by Crippen LogP contribution is -2.34. The zero-order valence-corrected chi connectivity index (χ0v) is 11.3. The molecule has 94 valence electrons. The van der Waals surface area contributed by atoms with Gasteiger partial charge in [-0.1, -0.05) is 36.8 Å². The largest absolute Gasteiger partial charge is 0.341 e. The normalized spacial score (nSPS) is 10.3. The maximum Gasteiger partial charge on any atom is 0.237 e. The first-order valence-electron chi connectivity index (χ1n) is 6.06. The minimum atomic E-state index is 0.0289. The molecule has 0 aliphatic rings. The van der Waals surface area contributed by atoms with Crippen LogP contribution in [0.25, 0.3) is 0 Å². The van der Waals surface area contributed by atoms with Gasteiger partial charge in [-0.05, 0) is 25.3 Å². The van der Waals surface area contributed by atoms with Crippen molar-refractivity contribution in [3.8, 4) is 0 Å². The molecular weight excluding hydrogens is 234 g/mol. The molecular formula is C14H20ClNO. The molecule has 1 amide bonds. The third-order valence-corrected chi connectivity index (χ3v) is 2.94. The molecule has 0 saturated carbocycles. The number of hydrogen-bond acceptors (Lipinski definition) is 1. The van der Waals surface area contributed by atoms with Crippen molar-refractivity contribution in [2.24, 2.45) is 0 Å². The third kappa shape index (κ3) is 4.78. The molecule has 0 atom stereocenters. The van der Waals surface area contributed by atoms with Crippen molar-refractivity contribution in [1.82, 2.24) is 4.90 Å². The highest BCUT2D eigenvalue weighted by Crippen LogP contribution is 2.06. The summed E-state index contributed by atoms with van der Waals surface area (Å²) in [5, 5.41) is 0. The van der Waals surface area contributed by atoms with Gasteiger partial charge in [-0.15, -0.1) is 11.6 Å². The standard InChI is InChI=1S/C14H20ClNO/c1-3-8-16(14(17)11-15)9-7-13-6-4-5-12(2)10-13/h4-6,10H,3,7-9,11H2,1-2H3. The van der Waals surface area contributed by atoms with Crippen molar-refractivity contribution in [3.63, 3.8) is 0 Å². The van der Waals surface area contributed by atoms with Gasteiger partial charge in [0.2, 0.25) is 5.91 Å². The lowest BCUT2D eigenvalue weighted by Gasteiger charge is -2.21. The van der Waals surface area contributed by atoms with E-state index in [9.17, 15) is 4.79 Å². The van der Waals surface area contributed by atoms with Gasteiger partial charge in [0.15, 0.2) is 0 Å². The lowest BCUT2D eigenvalue weighted by molar-refractivity contribution is -0.128. The fourth-order valence-electron chi connectivity index (χ4n) is 1.85. The topological polar surface area (TPSA) is 20.3 Å². The molecule has 1 aromatic carbocycles. The Kier molecular flexibility index (Phi) is 6.06. The van der Waals surface area contributed by atoms with Gasteiger partial charge in [-0.25, -0.2) is 0 Å². The molecule has 0 aliphatic heterocycles. The Morgan fingerprint density at radius 3 is 2.71 bits per heavy atom. The van der Waals surface area contributed by atoms with Crippen LogP contribution in [0.2, 0.25) is 0 Å². The zero-order valence-electron chi connectivity index (χ0n) is 10.6. The molecule has 0 heterocycles. The fourth-order valence-corrected chi connectivity index (χ4v) is 2.02. The summed E-state index contributed by atoms with van der Waals surface area (Å²) in [4.78, 5) is 13.4. The van der Waals surface area contributed by atoms with E-state index < -0.39 is 0 Å². The van der Waals surface area contributed by atoms with E-state index in [0.717, 1.165) is 25.9 Å². The summed E-state index contributed by atoms with van der Waals surface area (Å²) in [5.74, 6) is 0.106. The second-order valence-corrected chi connectivity index (χ2v) is 4.52. The highest BCUT2D eigenvalue weighted by Gasteiger charge is 2.10. The van der Waals surface area contributed by atoms with Gasteiger partial charge in [-0.2, -0.15) is 0 Å². The van der Waals surface area contributed by atoms with Crippen LogP contribution in [0.5, 0.6) is 0 Å². The Hall–Kier alpha value is -1.02. The van der Waals surface area contributed by atoms with Gasteiger partial charge >= 0.3 is 0 Å². The molecule has 0 radical (unpaired) electrons. The highest BCUT2D eigenvalue weighted by atomic mass is 35.5. The fraction of sp³-hybridized carbons (Fsp3) is 0.500. The molecule has 0 aromatic heterocycles. The second kappa shape index (κ2) is 7.33. The van der Waals surface area contributed by atoms with Gasteiger partial charge in [0.25, 0.3) is 0 Å². The summed E-state index contributed by atoms with van der Waals surface area (Å²) in [5.41, 5.74) is 2.53. The summed E-state index contributed by atoms with van der Waals surface area (Å²) < 4.78 is 0. The van der Waals surface area contributed by atoms with Crippen LogP contribution >= 0.6 is 11.6 Å². The smallest absolute Gasteiger partial charge is 0.237 e. The van der Waals surface area contributed by atoms with E-state index in [1.807, 2.05) is 4.90 Å². The molecule has 3 heteroatoms. The maximum atomic E-state index is 11.6. The summed E-state index contributed by atoms with van der Waals surface area (Å²) in [6.45, 7) is 5.69.